The van der Waals surface area contributed by atoms with Crippen molar-refractivity contribution in [3.63, 3.8) is 0 Å². The van der Waals surface area contributed by atoms with Crippen molar-refractivity contribution in [2.75, 3.05) is 18.0 Å². The van der Waals surface area contributed by atoms with Gasteiger partial charge in [-0.1, -0.05) is 46.2 Å². The highest BCUT2D eigenvalue weighted by Crippen LogP contribution is 2.27. The summed E-state index contributed by atoms with van der Waals surface area (Å²) in [6.07, 6.45) is 6.62. The summed E-state index contributed by atoms with van der Waals surface area (Å²) in [7, 11) is 0. The molecule has 0 radical (unpaired) electrons. The first-order chi connectivity index (χ1) is 10.1. The van der Waals surface area contributed by atoms with E-state index in [-0.39, 0.29) is 0 Å². The Hall–Kier alpha value is -0.980. The summed E-state index contributed by atoms with van der Waals surface area (Å²) in [4.78, 5) is 2.57. The van der Waals surface area contributed by atoms with E-state index >= 15 is 0 Å². The van der Waals surface area contributed by atoms with Crippen LogP contribution in [0.15, 0.2) is 24.3 Å². The summed E-state index contributed by atoms with van der Waals surface area (Å²) in [6, 6.07) is 9.34. The molecule has 1 aliphatic heterocycles. The van der Waals surface area contributed by atoms with Crippen LogP contribution in [0.4, 0.5) is 5.69 Å². The second-order valence-electron chi connectivity index (χ2n) is 7.44. The van der Waals surface area contributed by atoms with Gasteiger partial charge in [0.25, 0.3) is 0 Å². The third-order valence-corrected chi connectivity index (χ3v) is 5.00. The Morgan fingerprint density at radius 3 is 2.19 bits per heavy atom. The standard InChI is InChI=1S/C20H33N/c1-5-17(4)15-18-6-8-20(9-7-18)21-12-10-19(11-13-21)14-16(2)3/h6-9,16-17,19H,5,10-15H2,1-4H3. The number of piperidine rings is 1. The van der Waals surface area contributed by atoms with Gasteiger partial charge < -0.3 is 4.90 Å². The molecule has 118 valence electrons. The first-order valence-corrected chi connectivity index (χ1v) is 8.92. The zero-order chi connectivity index (χ0) is 15.2. The maximum atomic E-state index is 2.57. The molecular weight excluding hydrogens is 254 g/mol. The highest BCUT2D eigenvalue weighted by atomic mass is 15.1. The van der Waals surface area contributed by atoms with Crippen LogP contribution in [-0.4, -0.2) is 13.1 Å². The number of benzene rings is 1. The van der Waals surface area contributed by atoms with Gasteiger partial charge in [0.2, 0.25) is 0 Å². The van der Waals surface area contributed by atoms with Gasteiger partial charge in [0.15, 0.2) is 0 Å². The second kappa shape index (κ2) is 7.87. The van der Waals surface area contributed by atoms with E-state index in [1.807, 2.05) is 0 Å². The van der Waals surface area contributed by atoms with Gasteiger partial charge in [-0.3, -0.25) is 0 Å². The predicted molar refractivity (Wildman–Crippen MR) is 94.0 cm³/mol. The van der Waals surface area contributed by atoms with Crippen LogP contribution in [-0.2, 0) is 6.42 Å². The largest absolute Gasteiger partial charge is 0.372 e. The minimum atomic E-state index is 0.794. The fourth-order valence-corrected chi connectivity index (χ4v) is 3.48. The van der Waals surface area contributed by atoms with E-state index in [2.05, 4.69) is 56.9 Å². The van der Waals surface area contributed by atoms with Crippen molar-refractivity contribution in [2.45, 2.75) is 59.8 Å². The van der Waals surface area contributed by atoms with Crippen molar-refractivity contribution >= 4 is 5.69 Å². The average Bonchev–Trinajstić information content (AvgIpc) is 2.48. The van der Waals surface area contributed by atoms with E-state index < -0.39 is 0 Å². The molecule has 21 heavy (non-hydrogen) atoms. The zero-order valence-electron chi connectivity index (χ0n) is 14.4. The number of hydrogen-bond donors (Lipinski definition) is 0. The maximum Gasteiger partial charge on any atom is 0.0366 e. The lowest BCUT2D eigenvalue weighted by Gasteiger charge is -2.34. The summed E-state index contributed by atoms with van der Waals surface area (Å²) in [5.74, 6) is 2.59. The molecule has 1 atom stereocenters. The fourth-order valence-electron chi connectivity index (χ4n) is 3.48. The molecule has 1 unspecified atom stereocenters. The van der Waals surface area contributed by atoms with Crippen molar-refractivity contribution in [1.29, 1.82) is 0 Å². The van der Waals surface area contributed by atoms with Gasteiger partial charge in [-0.05, 0) is 61.1 Å². The molecule has 1 aromatic rings. The van der Waals surface area contributed by atoms with Crippen LogP contribution in [0.2, 0.25) is 0 Å². The lowest BCUT2D eigenvalue weighted by Crippen LogP contribution is -2.34. The van der Waals surface area contributed by atoms with Crippen molar-refractivity contribution < 1.29 is 0 Å². The van der Waals surface area contributed by atoms with Crippen LogP contribution in [0.1, 0.15) is 58.9 Å². The monoisotopic (exact) mass is 287 g/mol. The Labute approximate surface area is 131 Å². The van der Waals surface area contributed by atoms with Crippen LogP contribution in [0.25, 0.3) is 0 Å². The predicted octanol–water partition coefficient (Wildman–Crippen LogP) is 5.54. The van der Waals surface area contributed by atoms with Crippen molar-refractivity contribution in [3.8, 4) is 0 Å². The molecule has 1 nitrogen and oxygen atoms in total. The van der Waals surface area contributed by atoms with Crippen molar-refractivity contribution in [1.82, 2.24) is 0 Å². The van der Waals surface area contributed by atoms with Gasteiger partial charge >= 0.3 is 0 Å². The zero-order valence-corrected chi connectivity index (χ0v) is 14.4. The lowest BCUT2D eigenvalue weighted by atomic mass is 9.88. The number of rotatable bonds is 6. The Bertz CT molecular complexity index is 398. The number of hydrogen-bond acceptors (Lipinski definition) is 1. The molecule has 1 heteroatoms. The van der Waals surface area contributed by atoms with Crippen LogP contribution in [0, 0.1) is 17.8 Å². The summed E-state index contributed by atoms with van der Waals surface area (Å²) < 4.78 is 0. The molecule has 0 spiro atoms. The van der Waals surface area contributed by atoms with Crippen molar-refractivity contribution in [3.05, 3.63) is 29.8 Å². The molecule has 1 aromatic carbocycles. The van der Waals surface area contributed by atoms with Gasteiger partial charge in [0, 0.05) is 18.8 Å². The van der Waals surface area contributed by atoms with Gasteiger partial charge in [0.1, 0.15) is 0 Å². The summed E-state index contributed by atoms with van der Waals surface area (Å²) in [6.45, 7) is 11.8. The first-order valence-electron chi connectivity index (χ1n) is 8.92. The highest BCUT2D eigenvalue weighted by molar-refractivity contribution is 5.48. The minimum Gasteiger partial charge on any atom is -0.372 e. The van der Waals surface area contributed by atoms with E-state index in [0.717, 1.165) is 17.8 Å². The van der Waals surface area contributed by atoms with Crippen LogP contribution >= 0.6 is 0 Å². The van der Waals surface area contributed by atoms with E-state index in [9.17, 15) is 0 Å². The molecule has 0 aliphatic carbocycles. The Kier molecular flexibility index (Phi) is 6.14. The molecule has 1 saturated heterocycles. The van der Waals surface area contributed by atoms with Crippen LogP contribution in [0.5, 0.6) is 0 Å². The van der Waals surface area contributed by atoms with Gasteiger partial charge in [0.05, 0.1) is 0 Å². The van der Waals surface area contributed by atoms with E-state index in [0.29, 0.717) is 0 Å². The molecule has 2 rings (SSSR count). The number of nitrogens with zero attached hydrogens (tertiary/aromatic N) is 1. The first kappa shape index (κ1) is 16.4. The molecule has 0 saturated carbocycles. The summed E-state index contributed by atoms with van der Waals surface area (Å²) in [5.41, 5.74) is 2.91. The van der Waals surface area contributed by atoms with Gasteiger partial charge in [-0.25, -0.2) is 0 Å². The molecular formula is C20H33N. The Balaban J connectivity index is 1.86. The van der Waals surface area contributed by atoms with Crippen LogP contribution < -0.4 is 4.90 Å². The molecule has 0 aromatic heterocycles. The molecule has 0 amide bonds. The van der Waals surface area contributed by atoms with Crippen LogP contribution in [0.3, 0.4) is 0 Å². The second-order valence-corrected chi connectivity index (χ2v) is 7.44. The van der Waals surface area contributed by atoms with E-state index in [1.54, 1.807) is 0 Å². The molecule has 1 aliphatic rings. The molecule has 1 fully saturated rings. The SMILES string of the molecule is CCC(C)Cc1ccc(N2CCC(CC(C)C)CC2)cc1. The third-order valence-electron chi connectivity index (χ3n) is 5.00. The molecule has 0 bridgehead atoms. The molecule has 1 heterocycles. The third kappa shape index (κ3) is 5.05. The number of anilines is 1. The maximum absolute atomic E-state index is 2.57. The van der Waals surface area contributed by atoms with Gasteiger partial charge in [-0.15, -0.1) is 0 Å². The average molecular weight is 287 g/mol. The van der Waals surface area contributed by atoms with E-state index in [1.165, 1.54) is 56.4 Å². The lowest BCUT2D eigenvalue weighted by molar-refractivity contribution is 0.338. The Morgan fingerprint density at radius 2 is 1.67 bits per heavy atom. The minimum absolute atomic E-state index is 0.794. The Morgan fingerprint density at radius 1 is 1.05 bits per heavy atom. The smallest absolute Gasteiger partial charge is 0.0366 e. The highest BCUT2D eigenvalue weighted by Gasteiger charge is 2.20. The topological polar surface area (TPSA) is 3.24 Å². The summed E-state index contributed by atoms with van der Waals surface area (Å²) >= 11 is 0. The van der Waals surface area contributed by atoms with Crippen molar-refractivity contribution in [2.24, 2.45) is 17.8 Å². The van der Waals surface area contributed by atoms with Gasteiger partial charge in [-0.2, -0.15) is 0 Å². The molecule has 0 N–H and O–H groups in total. The van der Waals surface area contributed by atoms with E-state index in [4.69, 9.17) is 0 Å². The summed E-state index contributed by atoms with van der Waals surface area (Å²) in [5, 5.41) is 0. The normalized spacial score (nSPS) is 18.2. The quantitative estimate of drug-likeness (QED) is 0.664. The fraction of sp³-hybridized carbons (Fsp3) is 0.700.